The molecule has 134 valence electrons. The molecule has 0 unspecified atom stereocenters. The van der Waals surface area contributed by atoms with Crippen molar-refractivity contribution in [2.24, 2.45) is 0 Å². The molecule has 3 rings (SSSR count). The Hall–Kier alpha value is -1.52. The molecule has 0 spiro atoms. The van der Waals surface area contributed by atoms with Crippen molar-refractivity contribution < 1.29 is 18.9 Å². The van der Waals surface area contributed by atoms with Gasteiger partial charge >= 0.3 is 155 Å². The Morgan fingerprint density at radius 3 is 1.48 bits per heavy atom. The number of rotatable bonds is 8. The van der Waals surface area contributed by atoms with Crippen LogP contribution in [0.4, 0.5) is 0 Å². The molecule has 1 aliphatic heterocycles. The third kappa shape index (κ3) is 5.22. The van der Waals surface area contributed by atoms with E-state index in [1.807, 2.05) is 48.5 Å². The van der Waals surface area contributed by atoms with Crippen LogP contribution in [0.1, 0.15) is 11.1 Å². The minimum absolute atomic E-state index is 0.195. The molecule has 0 amide bonds. The second kappa shape index (κ2) is 9.25. The molecule has 1 heterocycles. The Balaban J connectivity index is 1.47. The van der Waals surface area contributed by atoms with E-state index in [9.17, 15) is 0 Å². The molecule has 1 aliphatic rings. The van der Waals surface area contributed by atoms with Gasteiger partial charge in [0.1, 0.15) is 0 Å². The van der Waals surface area contributed by atoms with Crippen molar-refractivity contribution in [2.45, 2.75) is 36.1 Å². The summed E-state index contributed by atoms with van der Waals surface area (Å²) in [6.45, 7) is 1.24. The van der Waals surface area contributed by atoms with Crippen LogP contribution in [0.3, 0.4) is 0 Å². The molecule has 2 aromatic rings. The minimum atomic E-state index is 0.195. The average molecular weight is 407 g/mol. The summed E-state index contributed by atoms with van der Waals surface area (Å²) < 4.78 is 22.6. The summed E-state index contributed by atoms with van der Waals surface area (Å²) in [6.07, 6.45) is 0.390. The van der Waals surface area contributed by atoms with Crippen molar-refractivity contribution in [3.63, 3.8) is 0 Å². The van der Waals surface area contributed by atoms with Crippen molar-refractivity contribution in [2.75, 3.05) is 14.2 Å². The molecule has 1 fully saturated rings. The van der Waals surface area contributed by atoms with Gasteiger partial charge in [-0.25, -0.2) is 0 Å². The first-order chi connectivity index (χ1) is 12.3. The normalized spacial score (nSPS) is 19.8. The quantitative estimate of drug-likeness (QED) is 0.625. The molecule has 0 saturated carbocycles. The molecule has 0 aromatic heterocycles. The zero-order chi connectivity index (χ0) is 17.5. The standard InChI is InChI=1S/C20H24O4Se/c1-21-17-7-3-15(4-8-17)11-23-19-13-25-14-20(19)24-12-16-5-9-18(22-2)10-6-16/h3-10,19-20H,11-14H2,1-2H3/t19-,20-/m0/s1. The third-order valence-corrected chi connectivity index (χ3v) is 6.59. The van der Waals surface area contributed by atoms with Crippen molar-refractivity contribution >= 4 is 15.0 Å². The summed E-state index contributed by atoms with van der Waals surface area (Å²) in [7, 11) is 3.35. The van der Waals surface area contributed by atoms with Gasteiger partial charge in [0.25, 0.3) is 0 Å². The van der Waals surface area contributed by atoms with Crippen LogP contribution in [0.25, 0.3) is 0 Å². The van der Waals surface area contributed by atoms with E-state index >= 15 is 0 Å². The topological polar surface area (TPSA) is 36.9 Å². The van der Waals surface area contributed by atoms with Crippen LogP contribution >= 0.6 is 0 Å². The first kappa shape index (κ1) is 18.3. The van der Waals surface area contributed by atoms with Gasteiger partial charge < -0.3 is 0 Å². The van der Waals surface area contributed by atoms with Crippen molar-refractivity contribution in [3.05, 3.63) is 59.7 Å². The van der Waals surface area contributed by atoms with Gasteiger partial charge in [0, 0.05) is 0 Å². The number of benzene rings is 2. The Morgan fingerprint density at radius 2 is 1.12 bits per heavy atom. The zero-order valence-corrected chi connectivity index (χ0v) is 16.4. The SMILES string of the molecule is COc1ccc(CO[C@H]2C[Se]C[C@@H]2OCc2ccc(OC)cc2)cc1. The van der Waals surface area contributed by atoms with E-state index in [0.717, 1.165) is 33.3 Å². The molecule has 4 nitrogen and oxygen atoms in total. The molecule has 0 bridgehead atoms. The van der Waals surface area contributed by atoms with E-state index in [4.69, 9.17) is 18.9 Å². The third-order valence-electron chi connectivity index (χ3n) is 4.23. The summed E-state index contributed by atoms with van der Waals surface area (Å²) in [5.74, 6) is 1.74. The van der Waals surface area contributed by atoms with Crippen LogP contribution < -0.4 is 9.47 Å². The Kier molecular flexibility index (Phi) is 6.76. The fourth-order valence-electron chi connectivity index (χ4n) is 2.68. The number of ether oxygens (including phenoxy) is 4. The summed E-state index contributed by atoms with van der Waals surface area (Å²) in [5.41, 5.74) is 2.32. The Bertz CT molecular complexity index is 584. The van der Waals surface area contributed by atoms with E-state index in [0.29, 0.717) is 28.2 Å². The van der Waals surface area contributed by atoms with Gasteiger partial charge in [-0.2, -0.15) is 0 Å². The van der Waals surface area contributed by atoms with Crippen LogP contribution in [0.15, 0.2) is 48.5 Å². The van der Waals surface area contributed by atoms with E-state index < -0.39 is 0 Å². The second-order valence-corrected chi connectivity index (χ2v) is 8.19. The summed E-state index contributed by atoms with van der Waals surface area (Å²) >= 11 is 0.606. The fourth-order valence-corrected chi connectivity index (χ4v) is 5.24. The molecule has 1 saturated heterocycles. The molecule has 25 heavy (non-hydrogen) atoms. The zero-order valence-electron chi connectivity index (χ0n) is 14.6. The predicted molar refractivity (Wildman–Crippen MR) is 98.5 cm³/mol. The number of hydrogen-bond acceptors (Lipinski definition) is 4. The van der Waals surface area contributed by atoms with Crippen LogP contribution in [0.2, 0.25) is 10.6 Å². The summed E-state index contributed by atoms with van der Waals surface area (Å²) in [4.78, 5) is 0. The molecule has 0 aliphatic carbocycles. The monoisotopic (exact) mass is 408 g/mol. The van der Waals surface area contributed by atoms with Crippen LogP contribution in [-0.2, 0) is 22.7 Å². The van der Waals surface area contributed by atoms with E-state index in [1.54, 1.807) is 14.2 Å². The van der Waals surface area contributed by atoms with Crippen LogP contribution in [0, 0.1) is 0 Å². The molecule has 0 N–H and O–H groups in total. The first-order valence-corrected chi connectivity index (χ1v) is 10.8. The molecule has 2 atom stereocenters. The summed E-state index contributed by atoms with van der Waals surface area (Å²) in [5, 5.41) is 2.24. The maximum absolute atomic E-state index is 6.13. The van der Waals surface area contributed by atoms with Gasteiger partial charge in [-0.3, -0.25) is 0 Å². The Labute approximate surface area is 155 Å². The van der Waals surface area contributed by atoms with Gasteiger partial charge in [-0.05, 0) is 0 Å². The van der Waals surface area contributed by atoms with Gasteiger partial charge in [0.15, 0.2) is 0 Å². The van der Waals surface area contributed by atoms with Crippen molar-refractivity contribution in [1.82, 2.24) is 0 Å². The second-order valence-electron chi connectivity index (χ2n) is 5.93. The fraction of sp³-hybridized carbons (Fsp3) is 0.400. The average Bonchev–Trinajstić information content (AvgIpc) is 3.13. The molecule has 5 heteroatoms. The van der Waals surface area contributed by atoms with Crippen molar-refractivity contribution in [1.29, 1.82) is 0 Å². The van der Waals surface area contributed by atoms with Gasteiger partial charge in [0.05, 0.1) is 0 Å². The molecule has 0 radical (unpaired) electrons. The predicted octanol–water partition coefficient (Wildman–Crippen LogP) is 3.73. The molecule has 2 aromatic carbocycles. The maximum atomic E-state index is 6.13. The summed E-state index contributed by atoms with van der Waals surface area (Å²) in [6, 6.07) is 16.1. The van der Waals surface area contributed by atoms with E-state index in [-0.39, 0.29) is 12.2 Å². The van der Waals surface area contributed by atoms with Crippen molar-refractivity contribution in [3.8, 4) is 11.5 Å². The van der Waals surface area contributed by atoms with Crippen LogP contribution in [0.5, 0.6) is 11.5 Å². The van der Waals surface area contributed by atoms with Gasteiger partial charge in [0.2, 0.25) is 0 Å². The number of methoxy groups -OCH3 is 2. The number of hydrogen-bond donors (Lipinski definition) is 0. The molecular weight excluding hydrogens is 383 g/mol. The Morgan fingerprint density at radius 1 is 0.720 bits per heavy atom. The van der Waals surface area contributed by atoms with E-state index in [2.05, 4.69) is 0 Å². The van der Waals surface area contributed by atoms with Gasteiger partial charge in [-0.15, -0.1) is 0 Å². The van der Waals surface area contributed by atoms with Crippen LogP contribution in [-0.4, -0.2) is 41.4 Å². The first-order valence-electron chi connectivity index (χ1n) is 8.35. The van der Waals surface area contributed by atoms with E-state index in [1.165, 1.54) is 0 Å². The molecular formula is C20H24O4Se. The van der Waals surface area contributed by atoms with Gasteiger partial charge in [-0.1, -0.05) is 0 Å².